The zero-order chi connectivity index (χ0) is 15.4. The van der Waals surface area contributed by atoms with Gasteiger partial charge < -0.3 is 10.2 Å². The Morgan fingerprint density at radius 1 is 1.33 bits per heavy atom. The van der Waals surface area contributed by atoms with E-state index in [2.05, 4.69) is 21.4 Å². The van der Waals surface area contributed by atoms with E-state index in [9.17, 15) is 10.1 Å². The second-order valence-corrected chi connectivity index (χ2v) is 5.37. The third-order valence-electron chi connectivity index (χ3n) is 2.95. The van der Waals surface area contributed by atoms with E-state index in [1.54, 1.807) is 12.1 Å². The third-order valence-corrected chi connectivity index (χ3v) is 3.44. The minimum atomic E-state index is -0.483. The predicted octanol–water partition coefficient (Wildman–Crippen LogP) is 3.53. The first-order chi connectivity index (χ1) is 10.0. The molecule has 21 heavy (non-hydrogen) atoms. The molecule has 2 rings (SSSR count). The van der Waals surface area contributed by atoms with Crippen LogP contribution in [0.4, 0.5) is 11.4 Å². The molecular weight excluding hydrogens is 338 g/mol. The number of nitrogens with two attached hydrogens (primary N) is 1. The summed E-state index contributed by atoms with van der Waals surface area (Å²) in [5.74, 6) is 5.99. The first kappa shape index (κ1) is 15.3. The molecule has 2 aromatic carbocycles. The molecule has 7 heteroatoms. The number of nitrogens with one attached hydrogen (secondary N) is 1. The summed E-state index contributed by atoms with van der Waals surface area (Å²) in [4.78, 5) is 10.5. The quantitative estimate of drug-likeness (QED) is 0.488. The number of nitro benzene ring substituents is 1. The van der Waals surface area contributed by atoms with Crippen LogP contribution < -0.4 is 16.0 Å². The number of nitrogen functional groups attached to an aromatic ring is 1. The lowest BCUT2D eigenvalue weighted by Gasteiger charge is -2.10. The molecule has 0 aromatic heterocycles. The molecule has 0 bridgehead atoms. The van der Waals surface area contributed by atoms with Crippen LogP contribution in [0.25, 0.3) is 0 Å². The molecule has 0 aliphatic carbocycles. The molecule has 6 nitrogen and oxygen atoms in total. The van der Waals surface area contributed by atoms with Gasteiger partial charge in [-0.3, -0.25) is 16.0 Å². The Labute approximate surface area is 130 Å². The summed E-state index contributed by atoms with van der Waals surface area (Å²) in [6.07, 6.45) is 0. The molecule has 3 N–H and O–H groups in total. The normalized spacial score (nSPS) is 10.2. The molecule has 0 atom stereocenters. The van der Waals surface area contributed by atoms with Gasteiger partial charge in [-0.1, -0.05) is 22.0 Å². The Hall–Kier alpha value is -2.12. The maximum atomic E-state index is 11.0. The van der Waals surface area contributed by atoms with Crippen LogP contribution in [-0.2, 0) is 6.61 Å². The first-order valence-electron chi connectivity index (χ1n) is 6.14. The number of anilines is 1. The summed E-state index contributed by atoms with van der Waals surface area (Å²) >= 11 is 3.38. The van der Waals surface area contributed by atoms with Gasteiger partial charge in [0, 0.05) is 10.5 Å². The third kappa shape index (κ3) is 3.71. The summed E-state index contributed by atoms with van der Waals surface area (Å²) in [6, 6.07) is 10.4. The smallest absolute Gasteiger partial charge is 0.294 e. The van der Waals surface area contributed by atoms with E-state index >= 15 is 0 Å². The highest BCUT2D eigenvalue weighted by Crippen LogP contribution is 2.26. The number of rotatable bonds is 5. The van der Waals surface area contributed by atoms with Crippen molar-refractivity contribution >= 4 is 27.3 Å². The Morgan fingerprint density at radius 2 is 2.10 bits per heavy atom. The van der Waals surface area contributed by atoms with Crippen molar-refractivity contribution in [2.45, 2.75) is 13.5 Å². The molecule has 110 valence electrons. The molecule has 0 aliphatic heterocycles. The molecule has 0 saturated heterocycles. The highest BCUT2D eigenvalue weighted by molar-refractivity contribution is 9.10. The largest absolute Gasteiger partial charge is 0.489 e. The Balaban J connectivity index is 2.16. The van der Waals surface area contributed by atoms with Crippen LogP contribution in [0.1, 0.15) is 11.1 Å². The van der Waals surface area contributed by atoms with Crippen LogP contribution in [0, 0.1) is 17.0 Å². The zero-order valence-corrected chi connectivity index (χ0v) is 12.9. The summed E-state index contributed by atoms with van der Waals surface area (Å²) in [7, 11) is 0. The SMILES string of the molecule is Cc1cc(Br)ccc1OCc1ccc(NN)c([N+](=O)[O-])c1. The number of benzene rings is 2. The van der Waals surface area contributed by atoms with E-state index in [4.69, 9.17) is 10.6 Å². The molecule has 2 aromatic rings. The minimum Gasteiger partial charge on any atom is -0.489 e. The van der Waals surface area contributed by atoms with Crippen molar-refractivity contribution in [1.82, 2.24) is 0 Å². The van der Waals surface area contributed by atoms with Gasteiger partial charge in [0.25, 0.3) is 5.69 Å². The van der Waals surface area contributed by atoms with Crippen LogP contribution in [0.2, 0.25) is 0 Å². The summed E-state index contributed by atoms with van der Waals surface area (Å²) < 4.78 is 6.66. The lowest BCUT2D eigenvalue weighted by molar-refractivity contribution is -0.384. The Bertz CT molecular complexity index is 677. The number of hydrazine groups is 1. The van der Waals surface area contributed by atoms with E-state index in [1.165, 1.54) is 6.07 Å². The van der Waals surface area contributed by atoms with Crippen molar-refractivity contribution in [3.63, 3.8) is 0 Å². The molecule has 0 spiro atoms. The second-order valence-electron chi connectivity index (χ2n) is 4.45. The molecule has 0 amide bonds. The molecule has 0 saturated carbocycles. The summed E-state index contributed by atoms with van der Waals surface area (Å²) in [6.45, 7) is 2.18. The van der Waals surface area contributed by atoms with E-state index in [-0.39, 0.29) is 18.0 Å². The highest BCUT2D eigenvalue weighted by Gasteiger charge is 2.14. The van der Waals surface area contributed by atoms with E-state index in [0.717, 1.165) is 15.8 Å². The van der Waals surface area contributed by atoms with Crippen molar-refractivity contribution in [2.24, 2.45) is 5.84 Å². The zero-order valence-electron chi connectivity index (χ0n) is 11.3. The van der Waals surface area contributed by atoms with Crippen LogP contribution in [0.5, 0.6) is 5.75 Å². The average Bonchev–Trinajstić information content (AvgIpc) is 2.46. The van der Waals surface area contributed by atoms with Crippen LogP contribution in [0.15, 0.2) is 40.9 Å². The fraction of sp³-hybridized carbons (Fsp3) is 0.143. The highest BCUT2D eigenvalue weighted by atomic mass is 79.9. The molecule has 0 radical (unpaired) electrons. The van der Waals surface area contributed by atoms with E-state index in [1.807, 2.05) is 25.1 Å². The number of aryl methyl sites for hydroxylation is 1. The number of hydrogen-bond acceptors (Lipinski definition) is 5. The molecular formula is C14H14BrN3O3. The molecule has 0 unspecified atom stereocenters. The molecule has 0 aliphatic rings. The lowest BCUT2D eigenvalue weighted by atomic mass is 10.2. The van der Waals surface area contributed by atoms with Gasteiger partial charge in [0.15, 0.2) is 0 Å². The van der Waals surface area contributed by atoms with E-state index in [0.29, 0.717) is 5.56 Å². The topological polar surface area (TPSA) is 90.4 Å². The van der Waals surface area contributed by atoms with Crippen molar-refractivity contribution in [1.29, 1.82) is 0 Å². The van der Waals surface area contributed by atoms with Gasteiger partial charge in [-0.25, -0.2) is 0 Å². The lowest BCUT2D eigenvalue weighted by Crippen LogP contribution is -2.09. The monoisotopic (exact) mass is 351 g/mol. The maximum Gasteiger partial charge on any atom is 0.294 e. The fourth-order valence-electron chi connectivity index (χ4n) is 1.88. The fourth-order valence-corrected chi connectivity index (χ4v) is 2.35. The van der Waals surface area contributed by atoms with Crippen LogP contribution >= 0.6 is 15.9 Å². The van der Waals surface area contributed by atoms with Gasteiger partial charge in [-0.2, -0.15) is 0 Å². The van der Waals surface area contributed by atoms with Gasteiger partial charge in [-0.15, -0.1) is 0 Å². The van der Waals surface area contributed by atoms with Gasteiger partial charge in [0.2, 0.25) is 0 Å². The van der Waals surface area contributed by atoms with Crippen molar-refractivity contribution in [2.75, 3.05) is 5.43 Å². The second kappa shape index (κ2) is 6.55. The number of ether oxygens (including phenoxy) is 1. The Kier molecular flexibility index (Phi) is 4.77. The van der Waals surface area contributed by atoms with Crippen molar-refractivity contribution < 1.29 is 9.66 Å². The van der Waals surface area contributed by atoms with Crippen LogP contribution in [0.3, 0.4) is 0 Å². The predicted molar refractivity (Wildman–Crippen MR) is 84.1 cm³/mol. The van der Waals surface area contributed by atoms with Crippen LogP contribution in [-0.4, -0.2) is 4.92 Å². The summed E-state index contributed by atoms with van der Waals surface area (Å²) in [5, 5.41) is 11.0. The van der Waals surface area contributed by atoms with Crippen molar-refractivity contribution in [3.8, 4) is 5.75 Å². The minimum absolute atomic E-state index is 0.0777. The molecule has 0 heterocycles. The standard InChI is InChI=1S/C14H14BrN3O3/c1-9-6-11(15)3-5-14(9)21-8-10-2-4-12(17-16)13(7-10)18(19)20/h2-7,17H,8,16H2,1H3. The first-order valence-corrected chi connectivity index (χ1v) is 6.93. The van der Waals surface area contributed by atoms with Crippen molar-refractivity contribution in [3.05, 3.63) is 62.1 Å². The number of nitro groups is 1. The number of nitrogens with zero attached hydrogens (tertiary/aromatic N) is 1. The average molecular weight is 352 g/mol. The van der Waals surface area contributed by atoms with Gasteiger partial charge >= 0.3 is 0 Å². The van der Waals surface area contributed by atoms with E-state index < -0.39 is 4.92 Å². The summed E-state index contributed by atoms with van der Waals surface area (Å²) in [5.41, 5.74) is 4.18. The van der Waals surface area contributed by atoms with Gasteiger partial charge in [0.1, 0.15) is 18.0 Å². The van der Waals surface area contributed by atoms with Gasteiger partial charge in [-0.05, 0) is 42.3 Å². The molecule has 0 fully saturated rings. The van der Waals surface area contributed by atoms with Gasteiger partial charge in [0.05, 0.1) is 4.92 Å². The number of hydrogen-bond donors (Lipinski definition) is 2. The maximum absolute atomic E-state index is 11.0. The number of halogens is 1. The Morgan fingerprint density at radius 3 is 2.71 bits per heavy atom.